The van der Waals surface area contributed by atoms with Crippen LogP contribution >= 0.6 is 34.0 Å². The van der Waals surface area contributed by atoms with E-state index in [1.54, 1.807) is 0 Å². The van der Waals surface area contributed by atoms with E-state index in [0.717, 1.165) is 106 Å². The summed E-state index contributed by atoms with van der Waals surface area (Å²) in [4.78, 5) is 21.0. The maximum Gasteiger partial charge on any atom is 0.160 e. The number of furan rings is 1. The molecule has 0 saturated heterocycles. The van der Waals surface area contributed by atoms with Crippen molar-refractivity contribution in [2.24, 2.45) is 0 Å². The van der Waals surface area contributed by atoms with Crippen LogP contribution in [-0.2, 0) is 0 Å². The number of thiophene rings is 3. The molecule has 15 aromatic carbocycles. The summed E-state index contributed by atoms with van der Waals surface area (Å²) >= 11 is 5.51. The van der Waals surface area contributed by atoms with Gasteiger partial charge in [0.25, 0.3) is 0 Å². The summed E-state index contributed by atoms with van der Waals surface area (Å²) in [5.41, 5.74) is 20.8. The van der Waals surface area contributed by atoms with Crippen LogP contribution < -0.4 is 0 Å². The Balaban J connectivity index is 0.000000135. The third kappa shape index (κ3) is 10.2. The number of nitrogens with zero attached hydrogens (tertiary/aromatic N) is 6. The van der Waals surface area contributed by atoms with Gasteiger partial charge in [0.15, 0.2) is 11.6 Å². The molecule has 10 heteroatoms. The molecular formula is C98H58N6OS3. The number of fused-ring (bicyclic) bond motifs is 20. The molecule has 7 nitrogen and oxygen atoms in total. The van der Waals surface area contributed by atoms with E-state index in [1.165, 1.54) is 98.7 Å². The van der Waals surface area contributed by atoms with E-state index >= 15 is 0 Å². The van der Waals surface area contributed by atoms with Gasteiger partial charge in [-0.15, -0.1) is 34.0 Å². The lowest BCUT2D eigenvalue weighted by molar-refractivity contribution is 0.669. The van der Waals surface area contributed by atoms with Crippen LogP contribution in [0.1, 0.15) is 0 Å². The minimum Gasteiger partial charge on any atom is -0.456 e. The van der Waals surface area contributed by atoms with Crippen molar-refractivity contribution in [2.75, 3.05) is 0 Å². The quantitative estimate of drug-likeness (QED) is 0.144. The topological polar surface area (TPSA) is 74.6 Å². The summed E-state index contributed by atoms with van der Waals surface area (Å²) in [6, 6.07) is 125. The van der Waals surface area contributed by atoms with Crippen molar-refractivity contribution >= 4 is 160 Å². The minimum absolute atomic E-state index is 0.703. The second-order valence-corrected chi connectivity index (χ2v) is 30.7. The Labute approximate surface area is 631 Å². The van der Waals surface area contributed by atoms with Crippen LogP contribution in [0, 0.1) is 0 Å². The lowest BCUT2D eigenvalue weighted by Crippen LogP contribution is -1.98. The maximum absolute atomic E-state index is 6.31. The van der Waals surface area contributed by atoms with E-state index in [2.05, 4.69) is 343 Å². The molecule has 0 bridgehead atoms. The van der Waals surface area contributed by atoms with E-state index in [9.17, 15) is 0 Å². The first-order valence-electron chi connectivity index (χ1n) is 36.2. The Morgan fingerprint density at radius 2 is 0.676 bits per heavy atom. The molecule has 0 unspecified atom stereocenters. The third-order valence-corrected chi connectivity index (χ3v) is 24.7. The standard InChI is InChI=1S/C52H31N3S2.C46H27N3OS/c1-2-12-32(13-3-1)33-24-26-34(27-25-33)52-53-42(31-43(54-52)39-20-11-19-38-37-16-5-8-22-46(37)57-51(38)39)35-14-10-15-36(30-35)55-44-21-7-4-17-40(44)49-45(55)28-29-48-50(49)41-18-6-9-23-47(41)56-48;1-2-11-28(12-3-1)36-27-37(48-46(47-36)30-21-22-33-32-15-6-9-20-42(32)51-43(33)26-30)29-13-10-14-31(25-29)49-38-18-7-4-16-34(38)44-39(49)23-24-41-45(44)35-17-5-8-19-40(35)50-41/h1-31H;1-27H. The molecule has 8 aromatic heterocycles. The molecule has 0 spiro atoms. The first-order valence-corrected chi connectivity index (χ1v) is 38.7. The van der Waals surface area contributed by atoms with Gasteiger partial charge < -0.3 is 13.6 Å². The van der Waals surface area contributed by atoms with Crippen LogP contribution in [0.3, 0.4) is 0 Å². The lowest BCUT2D eigenvalue weighted by atomic mass is 10.0. The van der Waals surface area contributed by atoms with Crippen molar-refractivity contribution in [3.8, 4) is 90.3 Å². The average Bonchev–Trinajstić information content (AvgIpc) is 1.56. The van der Waals surface area contributed by atoms with Crippen LogP contribution in [0.2, 0.25) is 0 Å². The summed E-state index contributed by atoms with van der Waals surface area (Å²) in [7, 11) is 0. The van der Waals surface area contributed by atoms with Gasteiger partial charge in [0.2, 0.25) is 0 Å². The molecule has 8 heterocycles. The Hall–Kier alpha value is -13.5. The highest BCUT2D eigenvalue weighted by molar-refractivity contribution is 7.27. The highest BCUT2D eigenvalue weighted by Gasteiger charge is 2.23. The number of para-hydroxylation sites is 3. The van der Waals surface area contributed by atoms with Crippen molar-refractivity contribution in [2.45, 2.75) is 0 Å². The molecule has 0 N–H and O–H groups in total. The van der Waals surface area contributed by atoms with E-state index in [0.29, 0.717) is 11.6 Å². The van der Waals surface area contributed by atoms with E-state index in [-0.39, 0.29) is 0 Å². The molecule has 504 valence electrons. The highest BCUT2D eigenvalue weighted by atomic mass is 32.1. The van der Waals surface area contributed by atoms with Crippen LogP contribution in [0.4, 0.5) is 0 Å². The molecular weight excluding hydrogens is 1370 g/mol. The first kappa shape index (κ1) is 61.9. The van der Waals surface area contributed by atoms with Crippen LogP contribution in [-0.4, -0.2) is 29.1 Å². The van der Waals surface area contributed by atoms with Crippen LogP contribution in [0.15, 0.2) is 356 Å². The summed E-state index contributed by atoms with van der Waals surface area (Å²) in [6.07, 6.45) is 0. The zero-order valence-corrected chi connectivity index (χ0v) is 60.3. The largest absolute Gasteiger partial charge is 0.456 e. The monoisotopic (exact) mass is 1430 g/mol. The molecule has 23 rings (SSSR count). The molecule has 23 aromatic rings. The summed E-state index contributed by atoms with van der Waals surface area (Å²) < 4.78 is 18.8. The zero-order valence-electron chi connectivity index (χ0n) is 57.8. The normalized spacial score (nSPS) is 11.9. The van der Waals surface area contributed by atoms with Gasteiger partial charge in [-0.05, 0) is 114 Å². The van der Waals surface area contributed by atoms with Gasteiger partial charge in [-0.25, -0.2) is 19.9 Å². The van der Waals surface area contributed by atoms with Gasteiger partial charge in [0.05, 0.1) is 44.8 Å². The predicted molar refractivity (Wildman–Crippen MR) is 457 cm³/mol. The minimum atomic E-state index is 0.703. The van der Waals surface area contributed by atoms with Gasteiger partial charge >= 0.3 is 0 Å². The molecule has 0 amide bonds. The Morgan fingerprint density at radius 1 is 0.222 bits per heavy atom. The molecule has 0 aliphatic rings. The summed E-state index contributed by atoms with van der Waals surface area (Å²) in [6.45, 7) is 0. The smallest absolute Gasteiger partial charge is 0.160 e. The second kappa shape index (κ2) is 25.1. The fraction of sp³-hybridized carbons (Fsp3) is 0. The number of hydrogen-bond acceptors (Lipinski definition) is 8. The van der Waals surface area contributed by atoms with Crippen molar-refractivity contribution in [3.05, 3.63) is 352 Å². The van der Waals surface area contributed by atoms with E-state index < -0.39 is 0 Å². The van der Waals surface area contributed by atoms with Gasteiger partial charge in [-0.1, -0.05) is 249 Å². The number of benzene rings is 15. The van der Waals surface area contributed by atoms with Gasteiger partial charge in [-0.2, -0.15) is 0 Å². The number of rotatable bonds is 9. The fourth-order valence-corrected chi connectivity index (χ4v) is 19.8. The second-order valence-electron chi connectivity index (χ2n) is 27.5. The Kier molecular flexibility index (Phi) is 14.4. The fourth-order valence-electron chi connectivity index (χ4n) is 16.3. The molecule has 0 saturated carbocycles. The molecule has 0 aliphatic heterocycles. The SMILES string of the molecule is c1ccc(-c2cc(-c3cccc(-n4c5ccccc5c5c6c(ccc54)oc4ccccc46)c3)nc(-c3ccc4c(c3)sc3ccccc34)n2)cc1.c1ccc(-c2ccc(-c3nc(-c4cccc(-n5c6ccccc6c6c7c(ccc65)sc5ccccc57)c4)cc(-c4cccc5c4sc4ccccc45)n3)cc2)cc1. The van der Waals surface area contributed by atoms with Crippen LogP contribution in [0.5, 0.6) is 0 Å². The van der Waals surface area contributed by atoms with E-state index in [1.807, 2.05) is 52.2 Å². The molecule has 108 heavy (non-hydrogen) atoms. The van der Waals surface area contributed by atoms with Gasteiger partial charge in [0.1, 0.15) is 11.2 Å². The maximum atomic E-state index is 6.31. The van der Waals surface area contributed by atoms with Gasteiger partial charge in [0, 0.05) is 138 Å². The van der Waals surface area contributed by atoms with Crippen molar-refractivity contribution < 1.29 is 4.42 Å². The summed E-state index contributed by atoms with van der Waals surface area (Å²) in [5, 5.41) is 15.0. The lowest BCUT2D eigenvalue weighted by Gasteiger charge is -2.13. The molecule has 0 aliphatic carbocycles. The third-order valence-electron chi connectivity index (χ3n) is 21.2. The summed E-state index contributed by atoms with van der Waals surface area (Å²) in [5.74, 6) is 1.41. The van der Waals surface area contributed by atoms with Crippen molar-refractivity contribution in [1.82, 2.24) is 29.1 Å². The molecule has 0 fully saturated rings. The Bertz CT molecular complexity index is 7570. The molecule has 0 atom stereocenters. The number of aromatic nitrogens is 6. The number of hydrogen-bond donors (Lipinski definition) is 0. The predicted octanol–water partition coefficient (Wildman–Crippen LogP) is 27.8. The van der Waals surface area contributed by atoms with Gasteiger partial charge in [-0.3, -0.25) is 0 Å². The molecule has 0 radical (unpaired) electrons. The van der Waals surface area contributed by atoms with Crippen molar-refractivity contribution in [3.63, 3.8) is 0 Å². The highest BCUT2D eigenvalue weighted by Crippen LogP contribution is 2.47. The zero-order chi connectivity index (χ0) is 70.9. The average molecular weight is 1430 g/mol. The Morgan fingerprint density at radius 3 is 1.36 bits per heavy atom. The van der Waals surface area contributed by atoms with Crippen molar-refractivity contribution in [1.29, 1.82) is 0 Å². The van der Waals surface area contributed by atoms with E-state index in [4.69, 9.17) is 24.4 Å². The van der Waals surface area contributed by atoms with Crippen LogP contribution in [0.25, 0.3) is 216 Å². The first-order chi connectivity index (χ1) is 53.5.